The van der Waals surface area contributed by atoms with Crippen molar-refractivity contribution < 1.29 is 0 Å². The Morgan fingerprint density at radius 1 is 1.45 bits per heavy atom. The molecule has 0 bridgehead atoms. The van der Waals surface area contributed by atoms with Gasteiger partial charge in [-0.25, -0.2) is 0 Å². The summed E-state index contributed by atoms with van der Waals surface area (Å²) in [5, 5.41) is 4.15. The summed E-state index contributed by atoms with van der Waals surface area (Å²) in [5.41, 5.74) is 7.57. The molecule has 0 aliphatic heterocycles. The number of nitrogens with one attached hydrogen (secondary N) is 1. The highest BCUT2D eigenvalue weighted by molar-refractivity contribution is 7.80. The van der Waals surface area contributed by atoms with E-state index in [4.69, 9.17) is 29.6 Å². The quantitative estimate of drug-likeness (QED) is 0.780. The Morgan fingerprint density at radius 3 is 2.95 bits per heavy atom. The summed E-state index contributed by atoms with van der Waals surface area (Å²) in [6.07, 6.45) is 6.70. The summed E-state index contributed by atoms with van der Waals surface area (Å²) in [4.78, 5) is 0.412. The fraction of sp³-hybridized carbons (Fsp3) is 0.562. The molecule has 2 rings (SSSR count). The summed E-state index contributed by atoms with van der Waals surface area (Å²) in [7, 11) is 0. The lowest BCUT2D eigenvalue weighted by Crippen LogP contribution is -2.18. The number of anilines is 1. The van der Waals surface area contributed by atoms with E-state index >= 15 is 0 Å². The minimum atomic E-state index is 0.412. The monoisotopic (exact) mass is 310 g/mol. The van der Waals surface area contributed by atoms with Crippen molar-refractivity contribution in [2.45, 2.75) is 39.0 Å². The molecule has 1 aromatic carbocycles. The summed E-state index contributed by atoms with van der Waals surface area (Å²) in [6.45, 7) is 3.31. The number of hydrogen-bond donors (Lipinski definition) is 2. The van der Waals surface area contributed by atoms with Crippen LogP contribution >= 0.6 is 23.8 Å². The first kappa shape index (κ1) is 15.6. The average Bonchev–Trinajstić information content (AvgIpc) is 2.38. The van der Waals surface area contributed by atoms with Crippen LogP contribution in [-0.4, -0.2) is 11.5 Å². The minimum Gasteiger partial charge on any atom is -0.389 e. The molecule has 20 heavy (non-hydrogen) atoms. The average molecular weight is 311 g/mol. The second-order valence-electron chi connectivity index (χ2n) is 5.91. The zero-order chi connectivity index (χ0) is 14.5. The molecule has 2 atom stereocenters. The van der Waals surface area contributed by atoms with Crippen molar-refractivity contribution in [1.82, 2.24) is 0 Å². The van der Waals surface area contributed by atoms with Crippen LogP contribution in [0.1, 0.15) is 44.6 Å². The Hall–Kier alpha value is -0.800. The van der Waals surface area contributed by atoms with Crippen molar-refractivity contribution in [3.05, 3.63) is 28.8 Å². The lowest BCUT2D eigenvalue weighted by atomic mass is 9.81. The number of halogens is 1. The van der Waals surface area contributed by atoms with Gasteiger partial charge in [-0.1, -0.05) is 50.0 Å². The molecule has 0 saturated heterocycles. The van der Waals surface area contributed by atoms with E-state index in [2.05, 4.69) is 12.2 Å². The summed E-state index contributed by atoms with van der Waals surface area (Å²) in [5.74, 6) is 1.73. The highest BCUT2D eigenvalue weighted by Gasteiger charge is 2.18. The molecule has 2 nitrogen and oxygen atoms in total. The molecule has 0 spiro atoms. The molecule has 0 amide bonds. The van der Waals surface area contributed by atoms with Gasteiger partial charge in [-0.05, 0) is 42.9 Å². The van der Waals surface area contributed by atoms with Crippen LogP contribution < -0.4 is 11.1 Å². The van der Waals surface area contributed by atoms with Gasteiger partial charge in [0.25, 0.3) is 0 Å². The topological polar surface area (TPSA) is 38.0 Å². The number of thiocarbonyl (C=S) groups is 1. The van der Waals surface area contributed by atoms with E-state index in [1.165, 1.54) is 32.1 Å². The Kier molecular flexibility index (Phi) is 5.67. The molecule has 3 N–H and O–H groups in total. The molecule has 0 radical (unpaired) electrons. The minimum absolute atomic E-state index is 0.412. The van der Waals surface area contributed by atoms with E-state index in [0.29, 0.717) is 10.0 Å². The van der Waals surface area contributed by atoms with Crippen LogP contribution in [0.4, 0.5) is 5.69 Å². The first-order valence-electron chi connectivity index (χ1n) is 7.39. The second-order valence-corrected chi connectivity index (χ2v) is 6.78. The van der Waals surface area contributed by atoms with Crippen LogP contribution in [0.15, 0.2) is 18.2 Å². The Balaban J connectivity index is 1.90. The number of nitrogens with two attached hydrogens (primary N) is 1. The van der Waals surface area contributed by atoms with Crippen molar-refractivity contribution in [2.24, 2.45) is 17.6 Å². The van der Waals surface area contributed by atoms with Crippen LogP contribution in [-0.2, 0) is 0 Å². The van der Waals surface area contributed by atoms with E-state index in [0.717, 1.165) is 29.6 Å². The smallest absolute Gasteiger partial charge is 0.106 e. The van der Waals surface area contributed by atoms with Crippen molar-refractivity contribution in [1.29, 1.82) is 0 Å². The number of hydrogen-bond acceptors (Lipinski definition) is 2. The highest BCUT2D eigenvalue weighted by Crippen LogP contribution is 2.30. The van der Waals surface area contributed by atoms with Crippen molar-refractivity contribution >= 4 is 34.5 Å². The van der Waals surface area contributed by atoms with Crippen molar-refractivity contribution in [3.8, 4) is 0 Å². The molecule has 1 aromatic rings. The zero-order valence-electron chi connectivity index (χ0n) is 12.0. The maximum atomic E-state index is 6.04. The van der Waals surface area contributed by atoms with Crippen molar-refractivity contribution in [2.75, 3.05) is 11.9 Å². The standard InChI is InChI=1S/C16H23ClN2S/c1-11-3-2-4-12(9-11)7-8-19-15-10-13(17)5-6-14(15)16(18)20/h5-6,10-12,19H,2-4,7-9H2,1H3,(H2,18,20). The Bertz CT molecular complexity index is 476. The molecular weight excluding hydrogens is 288 g/mol. The van der Waals surface area contributed by atoms with Gasteiger partial charge in [0.15, 0.2) is 0 Å². The van der Waals surface area contributed by atoms with Gasteiger partial charge in [-0.2, -0.15) is 0 Å². The second kappa shape index (κ2) is 7.28. The maximum absolute atomic E-state index is 6.04. The first-order valence-corrected chi connectivity index (χ1v) is 8.18. The SMILES string of the molecule is CC1CCCC(CCNc2cc(Cl)ccc2C(N)=S)C1. The predicted molar refractivity (Wildman–Crippen MR) is 91.6 cm³/mol. The lowest BCUT2D eigenvalue weighted by Gasteiger charge is -2.27. The van der Waals surface area contributed by atoms with E-state index < -0.39 is 0 Å². The molecule has 4 heteroatoms. The molecule has 2 unspecified atom stereocenters. The third kappa shape index (κ3) is 4.35. The molecule has 1 aliphatic rings. The largest absolute Gasteiger partial charge is 0.389 e. The molecule has 1 aliphatic carbocycles. The van der Waals surface area contributed by atoms with E-state index in [1.54, 1.807) is 0 Å². The van der Waals surface area contributed by atoms with Gasteiger partial charge < -0.3 is 11.1 Å². The van der Waals surface area contributed by atoms with Gasteiger partial charge in [0.05, 0.1) is 0 Å². The maximum Gasteiger partial charge on any atom is 0.106 e. The van der Waals surface area contributed by atoms with Crippen LogP contribution in [0.3, 0.4) is 0 Å². The third-order valence-corrected chi connectivity index (χ3v) is 4.62. The van der Waals surface area contributed by atoms with Gasteiger partial charge in [-0.3, -0.25) is 0 Å². The van der Waals surface area contributed by atoms with Gasteiger partial charge in [0.2, 0.25) is 0 Å². The van der Waals surface area contributed by atoms with E-state index in [1.807, 2.05) is 18.2 Å². The number of benzene rings is 1. The molecule has 0 heterocycles. The van der Waals surface area contributed by atoms with Gasteiger partial charge in [0, 0.05) is 22.8 Å². The van der Waals surface area contributed by atoms with Gasteiger partial charge >= 0.3 is 0 Å². The predicted octanol–water partition coefficient (Wildman–Crippen LogP) is 4.60. The summed E-state index contributed by atoms with van der Waals surface area (Å²) >= 11 is 11.1. The van der Waals surface area contributed by atoms with Gasteiger partial charge in [-0.15, -0.1) is 0 Å². The van der Waals surface area contributed by atoms with Crippen LogP contribution in [0.2, 0.25) is 5.02 Å². The first-order chi connectivity index (χ1) is 9.56. The Labute approximate surface area is 132 Å². The van der Waals surface area contributed by atoms with E-state index in [9.17, 15) is 0 Å². The van der Waals surface area contributed by atoms with Gasteiger partial charge in [0.1, 0.15) is 4.99 Å². The molecule has 1 fully saturated rings. The molecule has 0 aromatic heterocycles. The fourth-order valence-corrected chi connectivity index (χ4v) is 3.46. The molecular formula is C16H23ClN2S. The molecule has 1 saturated carbocycles. The lowest BCUT2D eigenvalue weighted by molar-refractivity contribution is 0.274. The van der Waals surface area contributed by atoms with Crippen LogP contribution in [0.25, 0.3) is 0 Å². The Morgan fingerprint density at radius 2 is 2.25 bits per heavy atom. The summed E-state index contributed by atoms with van der Waals surface area (Å²) in [6, 6.07) is 5.61. The normalized spacial score (nSPS) is 22.5. The van der Waals surface area contributed by atoms with Crippen LogP contribution in [0.5, 0.6) is 0 Å². The summed E-state index contributed by atoms with van der Waals surface area (Å²) < 4.78 is 0. The fourth-order valence-electron chi connectivity index (χ4n) is 3.11. The van der Waals surface area contributed by atoms with Crippen LogP contribution in [0, 0.1) is 11.8 Å². The third-order valence-electron chi connectivity index (χ3n) is 4.16. The zero-order valence-corrected chi connectivity index (χ0v) is 13.6. The molecule has 110 valence electrons. The van der Waals surface area contributed by atoms with E-state index in [-0.39, 0.29) is 0 Å². The number of rotatable bonds is 5. The highest BCUT2D eigenvalue weighted by atomic mass is 35.5. The van der Waals surface area contributed by atoms with Crippen molar-refractivity contribution in [3.63, 3.8) is 0 Å².